The molecule has 0 aliphatic carbocycles. The van der Waals surface area contributed by atoms with Gasteiger partial charge in [0.15, 0.2) is 11.0 Å². The van der Waals surface area contributed by atoms with Crippen molar-refractivity contribution >= 4 is 23.2 Å². The number of rotatable bonds is 1. The highest BCUT2D eigenvalue weighted by Gasteiger charge is 2.21. The lowest BCUT2D eigenvalue weighted by atomic mass is 10.1. The van der Waals surface area contributed by atoms with E-state index in [1.807, 2.05) is 0 Å². The molecule has 14 heavy (non-hydrogen) atoms. The zero-order chi connectivity index (χ0) is 10.1. The van der Waals surface area contributed by atoms with Crippen molar-refractivity contribution in [2.45, 2.75) is 18.9 Å². The molecule has 1 fully saturated rings. The summed E-state index contributed by atoms with van der Waals surface area (Å²) in [5.74, 6) is -0.514. The van der Waals surface area contributed by atoms with Gasteiger partial charge in [0, 0.05) is 11.6 Å². The Kier molecular flexibility index (Phi) is 2.91. The molecule has 1 atom stereocenters. The van der Waals surface area contributed by atoms with Crippen LogP contribution in [0.2, 0.25) is 10.3 Å². The molecule has 0 spiro atoms. The van der Waals surface area contributed by atoms with Gasteiger partial charge in [0.1, 0.15) is 5.15 Å². The molecule has 0 saturated carbocycles. The van der Waals surface area contributed by atoms with Gasteiger partial charge >= 0.3 is 0 Å². The van der Waals surface area contributed by atoms with Crippen LogP contribution >= 0.6 is 23.2 Å². The Balaban J connectivity index is 2.37. The summed E-state index contributed by atoms with van der Waals surface area (Å²) < 4.78 is 13.1. The largest absolute Gasteiger partial charge is 0.310 e. The predicted octanol–water partition coefficient (Wildman–Crippen LogP) is 2.95. The van der Waals surface area contributed by atoms with Crippen LogP contribution in [0.4, 0.5) is 4.39 Å². The third kappa shape index (κ3) is 1.85. The summed E-state index contributed by atoms with van der Waals surface area (Å²) in [6, 6.07) is 1.47. The van der Waals surface area contributed by atoms with E-state index in [2.05, 4.69) is 10.3 Å². The van der Waals surface area contributed by atoms with Gasteiger partial charge in [-0.05, 0) is 25.5 Å². The Labute approximate surface area is 91.4 Å². The number of hydrogen-bond donors (Lipinski definition) is 1. The predicted molar refractivity (Wildman–Crippen MR) is 54.2 cm³/mol. The summed E-state index contributed by atoms with van der Waals surface area (Å²) in [7, 11) is 0. The van der Waals surface area contributed by atoms with E-state index in [0.29, 0.717) is 5.56 Å². The average Bonchev–Trinajstić information content (AvgIpc) is 2.64. The van der Waals surface area contributed by atoms with Gasteiger partial charge in [0.25, 0.3) is 0 Å². The summed E-state index contributed by atoms with van der Waals surface area (Å²) in [6.07, 6.45) is 2.04. The van der Waals surface area contributed by atoms with Crippen molar-refractivity contribution in [1.82, 2.24) is 10.3 Å². The van der Waals surface area contributed by atoms with E-state index in [-0.39, 0.29) is 16.3 Å². The molecule has 0 bridgehead atoms. The Morgan fingerprint density at radius 3 is 2.86 bits per heavy atom. The summed E-state index contributed by atoms with van der Waals surface area (Å²) in [6.45, 7) is 0.936. The van der Waals surface area contributed by atoms with Crippen LogP contribution in [-0.4, -0.2) is 11.5 Å². The fraction of sp³-hybridized carbons (Fsp3) is 0.444. The van der Waals surface area contributed by atoms with Crippen LogP contribution in [-0.2, 0) is 0 Å². The molecule has 0 unspecified atom stereocenters. The first-order valence-corrected chi connectivity index (χ1v) is 5.19. The molecule has 76 valence electrons. The van der Waals surface area contributed by atoms with E-state index in [9.17, 15) is 4.39 Å². The van der Waals surface area contributed by atoms with Gasteiger partial charge in [-0.3, -0.25) is 0 Å². The van der Waals surface area contributed by atoms with E-state index < -0.39 is 5.82 Å². The maximum atomic E-state index is 13.1. The topological polar surface area (TPSA) is 24.9 Å². The van der Waals surface area contributed by atoms with E-state index in [0.717, 1.165) is 19.4 Å². The number of aromatic nitrogens is 1. The van der Waals surface area contributed by atoms with Crippen LogP contribution in [0.1, 0.15) is 24.4 Å². The normalized spacial score (nSPS) is 21.5. The van der Waals surface area contributed by atoms with Gasteiger partial charge in [0.05, 0.1) is 0 Å². The Morgan fingerprint density at radius 2 is 2.21 bits per heavy atom. The number of nitrogens with one attached hydrogen (secondary N) is 1. The molecule has 0 aromatic carbocycles. The minimum atomic E-state index is -0.514. The second kappa shape index (κ2) is 4.01. The van der Waals surface area contributed by atoms with Gasteiger partial charge in [0.2, 0.25) is 0 Å². The summed E-state index contributed by atoms with van der Waals surface area (Å²) >= 11 is 11.4. The number of nitrogens with zero attached hydrogens (tertiary/aromatic N) is 1. The van der Waals surface area contributed by atoms with Crippen LogP contribution < -0.4 is 5.32 Å². The minimum Gasteiger partial charge on any atom is -0.310 e. The number of halogens is 3. The smallest absolute Gasteiger partial charge is 0.166 e. The van der Waals surface area contributed by atoms with E-state index in [4.69, 9.17) is 23.2 Å². The van der Waals surface area contributed by atoms with E-state index >= 15 is 0 Å². The van der Waals surface area contributed by atoms with E-state index in [1.165, 1.54) is 6.07 Å². The molecule has 1 N–H and O–H groups in total. The van der Waals surface area contributed by atoms with Crippen molar-refractivity contribution in [3.63, 3.8) is 0 Å². The van der Waals surface area contributed by atoms with Crippen molar-refractivity contribution in [1.29, 1.82) is 0 Å². The third-order valence-electron chi connectivity index (χ3n) is 2.35. The summed E-state index contributed by atoms with van der Waals surface area (Å²) in [4.78, 5) is 3.73. The number of pyridine rings is 1. The molecule has 2 nitrogen and oxygen atoms in total. The summed E-state index contributed by atoms with van der Waals surface area (Å²) in [5.41, 5.74) is 0.700. The molecule has 2 rings (SSSR count). The number of hydrogen-bond acceptors (Lipinski definition) is 2. The zero-order valence-electron chi connectivity index (χ0n) is 7.36. The van der Waals surface area contributed by atoms with Crippen molar-refractivity contribution in [2.75, 3.05) is 6.54 Å². The lowest BCUT2D eigenvalue weighted by Crippen LogP contribution is -2.14. The van der Waals surface area contributed by atoms with Gasteiger partial charge in [-0.15, -0.1) is 0 Å². The fourth-order valence-electron chi connectivity index (χ4n) is 1.65. The van der Waals surface area contributed by atoms with Gasteiger partial charge in [-0.25, -0.2) is 9.37 Å². The van der Waals surface area contributed by atoms with Crippen molar-refractivity contribution in [2.24, 2.45) is 0 Å². The molecular weight excluding hydrogens is 226 g/mol. The molecule has 0 amide bonds. The quantitative estimate of drug-likeness (QED) is 0.757. The van der Waals surface area contributed by atoms with Crippen LogP contribution in [0.3, 0.4) is 0 Å². The SMILES string of the molecule is Fc1cc([C@@H]2CCCN2)c(Cl)nc1Cl. The third-order valence-corrected chi connectivity index (χ3v) is 2.92. The highest BCUT2D eigenvalue weighted by molar-refractivity contribution is 6.33. The maximum absolute atomic E-state index is 13.1. The van der Waals surface area contributed by atoms with Crippen molar-refractivity contribution in [3.8, 4) is 0 Å². The van der Waals surface area contributed by atoms with Gasteiger partial charge < -0.3 is 5.32 Å². The first-order valence-electron chi connectivity index (χ1n) is 4.43. The van der Waals surface area contributed by atoms with Crippen molar-refractivity contribution < 1.29 is 4.39 Å². The first-order chi connectivity index (χ1) is 6.68. The zero-order valence-corrected chi connectivity index (χ0v) is 8.87. The lowest BCUT2D eigenvalue weighted by molar-refractivity contribution is 0.599. The Hall–Kier alpha value is -0.380. The minimum absolute atomic E-state index is 0.113. The molecule has 1 aliphatic rings. The van der Waals surface area contributed by atoms with Gasteiger partial charge in [-0.2, -0.15) is 0 Å². The molecular formula is C9H9Cl2FN2. The van der Waals surface area contributed by atoms with Crippen LogP contribution in [0.15, 0.2) is 6.07 Å². The molecule has 1 saturated heterocycles. The average molecular weight is 235 g/mol. The second-order valence-corrected chi connectivity index (χ2v) is 4.01. The van der Waals surface area contributed by atoms with Crippen LogP contribution in [0, 0.1) is 5.82 Å². The molecule has 2 heterocycles. The standard InChI is InChI=1S/C9H9Cl2FN2/c10-8-5(7-2-1-3-13-7)4-6(12)9(11)14-8/h4,7,13H,1-3H2/t7-/m0/s1. The highest BCUT2D eigenvalue weighted by atomic mass is 35.5. The molecule has 5 heteroatoms. The monoisotopic (exact) mass is 234 g/mol. The van der Waals surface area contributed by atoms with E-state index in [1.54, 1.807) is 0 Å². The molecule has 1 aromatic heterocycles. The van der Waals surface area contributed by atoms with Crippen LogP contribution in [0.5, 0.6) is 0 Å². The summed E-state index contributed by atoms with van der Waals surface area (Å²) in [5, 5.41) is 3.34. The fourth-order valence-corrected chi connectivity index (χ4v) is 2.11. The van der Waals surface area contributed by atoms with Gasteiger partial charge in [-0.1, -0.05) is 23.2 Å². The lowest BCUT2D eigenvalue weighted by Gasteiger charge is -2.12. The second-order valence-electron chi connectivity index (χ2n) is 3.29. The molecule has 1 aliphatic heterocycles. The van der Waals surface area contributed by atoms with Crippen LogP contribution in [0.25, 0.3) is 0 Å². The highest BCUT2D eigenvalue weighted by Crippen LogP contribution is 2.30. The molecule has 0 radical (unpaired) electrons. The maximum Gasteiger partial charge on any atom is 0.166 e. The van der Waals surface area contributed by atoms with Crippen molar-refractivity contribution in [3.05, 3.63) is 27.8 Å². The first kappa shape index (κ1) is 10.1. The molecule has 1 aromatic rings. The Morgan fingerprint density at radius 1 is 1.43 bits per heavy atom. The Bertz CT molecular complexity index is 351.